The maximum atomic E-state index is 6.06. The van der Waals surface area contributed by atoms with Gasteiger partial charge in [0.2, 0.25) is 0 Å². The minimum absolute atomic E-state index is 0.568. The monoisotopic (exact) mass is 300 g/mol. The highest BCUT2D eigenvalue weighted by Gasteiger charge is 2.05. The fraction of sp³-hybridized carbons (Fsp3) is 0.235. The fourth-order valence-corrected chi connectivity index (χ4v) is 2.80. The molecule has 0 aliphatic rings. The molecule has 0 spiro atoms. The van der Waals surface area contributed by atoms with Crippen LogP contribution in [0, 0.1) is 13.8 Å². The third-order valence-corrected chi connectivity index (χ3v) is 4.07. The predicted molar refractivity (Wildman–Crippen MR) is 91.5 cm³/mol. The van der Waals surface area contributed by atoms with Gasteiger partial charge in [0, 0.05) is 11.3 Å². The minimum atomic E-state index is 0.568. The normalized spacial score (nSPS) is 11.5. The Kier molecular flexibility index (Phi) is 5.28. The Morgan fingerprint density at radius 2 is 1.76 bits per heavy atom. The molecule has 21 heavy (non-hydrogen) atoms. The minimum Gasteiger partial charge on any atom is -0.496 e. The van der Waals surface area contributed by atoms with Crippen molar-refractivity contribution in [2.75, 3.05) is 7.11 Å². The van der Waals surface area contributed by atoms with Gasteiger partial charge in [0.15, 0.2) is 5.17 Å². The van der Waals surface area contributed by atoms with Crippen molar-refractivity contribution in [2.45, 2.75) is 19.6 Å². The van der Waals surface area contributed by atoms with E-state index >= 15 is 0 Å². The zero-order valence-corrected chi connectivity index (χ0v) is 13.4. The molecule has 0 aromatic heterocycles. The van der Waals surface area contributed by atoms with Gasteiger partial charge >= 0.3 is 0 Å². The summed E-state index contributed by atoms with van der Waals surface area (Å²) in [6.45, 7) is 4.09. The zero-order valence-electron chi connectivity index (χ0n) is 12.6. The van der Waals surface area contributed by atoms with E-state index in [1.807, 2.05) is 56.3 Å². The van der Waals surface area contributed by atoms with E-state index in [-0.39, 0.29) is 0 Å². The highest BCUT2D eigenvalue weighted by atomic mass is 32.2. The van der Waals surface area contributed by atoms with Gasteiger partial charge in [-0.25, -0.2) is 4.99 Å². The van der Waals surface area contributed by atoms with Crippen LogP contribution in [0.15, 0.2) is 47.5 Å². The molecule has 0 bridgehead atoms. The molecule has 0 saturated heterocycles. The number of thioether (sulfide) groups is 1. The highest BCUT2D eigenvalue weighted by Crippen LogP contribution is 2.26. The lowest BCUT2D eigenvalue weighted by Gasteiger charge is -2.08. The summed E-state index contributed by atoms with van der Waals surface area (Å²) >= 11 is 1.52. The van der Waals surface area contributed by atoms with E-state index in [9.17, 15) is 0 Å². The lowest BCUT2D eigenvalue weighted by molar-refractivity contribution is 0.411. The molecule has 4 heteroatoms. The summed E-state index contributed by atoms with van der Waals surface area (Å²) in [5.41, 5.74) is 10.4. The third-order valence-electron chi connectivity index (χ3n) is 3.23. The molecule has 110 valence electrons. The van der Waals surface area contributed by atoms with Crippen LogP contribution in [0.4, 0.5) is 5.69 Å². The van der Waals surface area contributed by atoms with E-state index in [0.717, 1.165) is 33.9 Å². The largest absolute Gasteiger partial charge is 0.496 e. The van der Waals surface area contributed by atoms with Crippen LogP contribution in [0.1, 0.15) is 16.7 Å². The molecule has 0 heterocycles. The lowest BCUT2D eigenvalue weighted by atomic mass is 10.1. The Hall–Kier alpha value is -1.94. The summed E-state index contributed by atoms with van der Waals surface area (Å²) in [4.78, 5) is 4.55. The van der Waals surface area contributed by atoms with Crippen molar-refractivity contribution in [2.24, 2.45) is 10.7 Å². The number of methoxy groups -OCH3 is 1. The van der Waals surface area contributed by atoms with Crippen LogP contribution in [0.25, 0.3) is 0 Å². The first-order chi connectivity index (χ1) is 10.1. The van der Waals surface area contributed by atoms with Gasteiger partial charge in [-0.2, -0.15) is 0 Å². The molecule has 0 atom stereocenters. The number of hydrogen-bond donors (Lipinski definition) is 1. The first kappa shape index (κ1) is 15.4. The van der Waals surface area contributed by atoms with Crippen molar-refractivity contribution < 1.29 is 4.74 Å². The van der Waals surface area contributed by atoms with Gasteiger partial charge in [0.25, 0.3) is 0 Å². The second-order valence-corrected chi connectivity index (χ2v) is 5.79. The number of para-hydroxylation sites is 2. The van der Waals surface area contributed by atoms with E-state index < -0.39 is 0 Å². The van der Waals surface area contributed by atoms with E-state index in [4.69, 9.17) is 10.5 Å². The average Bonchev–Trinajstić information content (AvgIpc) is 2.49. The molecule has 0 unspecified atom stereocenters. The van der Waals surface area contributed by atoms with Crippen molar-refractivity contribution >= 4 is 22.6 Å². The smallest absolute Gasteiger partial charge is 0.159 e. The molecule has 0 radical (unpaired) electrons. The van der Waals surface area contributed by atoms with Crippen molar-refractivity contribution in [1.29, 1.82) is 0 Å². The Labute approximate surface area is 130 Å². The third kappa shape index (κ3) is 4.02. The van der Waals surface area contributed by atoms with Gasteiger partial charge in [-0.05, 0) is 31.0 Å². The molecule has 0 fully saturated rings. The van der Waals surface area contributed by atoms with Crippen molar-refractivity contribution in [3.63, 3.8) is 0 Å². The molecule has 2 aromatic carbocycles. The summed E-state index contributed by atoms with van der Waals surface area (Å²) in [5, 5.41) is 0.568. The van der Waals surface area contributed by atoms with Crippen LogP contribution >= 0.6 is 11.8 Å². The van der Waals surface area contributed by atoms with E-state index in [0.29, 0.717) is 5.17 Å². The van der Waals surface area contributed by atoms with E-state index in [1.165, 1.54) is 11.8 Å². The number of nitrogens with zero attached hydrogens (tertiary/aromatic N) is 1. The van der Waals surface area contributed by atoms with Crippen LogP contribution in [0.5, 0.6) is 5.75 Å². The van der Waals surface area contributed by atoms with Crippen LogP contribution in [-0.4, -0.2) is 12.3 Å². The van der Waals surface area contributed by atoms with Crippen molar-refractivity contribution in [3.05, 3.63) is 59.2 Å². The molecule has 0 aliphatic heterocycles. The molecule has 2 aromatic rings. The molecule has 2 N–H and O–H groups in total. The summed E-state index contributed by atoms with van der Waals surface area (Å²) in [5.74, 6) is 1.62. The topological polar surface area (TPSA) is 47.6 Å². The Bertz CT molecular complexity index is 633. The van der Waals surface area contributed by atoms with E-state index in [1.54, 1.807) is 7.11 Å². The SMILES string of the molecule is COc1ccccc1CSC(N)=Nc1c(C)cccc1C. The quantitative estimate of drug-likeness (QED) is 0.680. The first-order valence-electron chi connectivity index (χ1n) is 6.77. The number of aryl methyl sites for hydroxylation is 2. The van der Waals surface area contributed by atoms with Crippen molar-refractivity contribution in [3.8, 4) is 5.75 Å². The van der Waals surface area contributed by atoms with Crippen LogP contribution < -0.4 is 10.5 Å². The van der Waals surface area contributed by atoms with Gasteiger partial charge in [0.1, 0.15) is 5.75 Å². The zero-order chi connectivity index (χ0) is 15.2. The molecule has 2 rings (SSSR count). The maximum Gasteiger partial charge on any atom is 0.159 e. The molecular weight excluding hydrogens is 280 g/mol. The lowest BCUT2D eigenvalue weighted by Crippen LogP contribution is -2.07. The molecule has 0 amide bonds. The van der Waals surface area contributed by atoms with Gasteiger partial charge in [-0.1, -0.05) is 48.2 Å². The molecule has 0 saturated carbocycles. The summed E-state index contributed by atoms with van der Waals surface area (Å²) in [6.07, 6.45) is 0. The highest BCUT2D eigenvalue weighted by molar-refractivity contribution is 8.13. The maximum absolute atomic E-state index is 6.06. The molecule has 0 aliphatic carbocycles. The van der Waals surface area contributed by atoms with Gasteiger partial charge < -0.3 is 10.5 Å². The number of amidine groups is 1. The number of hydrogen-bond acceptors (Lipinski definition) is 3. The fourth-order valence-electron chi connectivity index (χ4n) is 2.10. The first-order valence-corrected chi connectivity index (χ1v) is 7.75. The van der Waals surface area contributed by atoms with Crippen molar-refractivity contribution in [1.82, 2.24) is 0 Å². The molecule has 3 nitrogen and oxygen atoms in total. The van der Waals surface area contributed by atoms with Crippen LogP contribution in [0.3, 0.4) is 0 Å². The van der Waals surface area contributed by atoms with Crippen LogP contribution in [0.2, 0.25) is 0 Å². The average molecular weight is 300 g/mol. The Balaban J connectivity index is 2.11. The Morgan fingerprint density at radius 1 is 1.10 bits per heavy atom. The second kappa shape index (κ2) is 7.18. The van der Waals surface area contributed by atoms with E-state index in [2.05, 4.69) is 4.99 Å². The van der Waals surface area contributed by atoms with Gasteiger partial charge in [0.05, 0.1) is 12.8 Å². The summed E-state index contributed by atoms with van der Waals surface area (Å²) in [6, 6.07) is 14.1. The van der Waals surface area contributed by atoms with Gasteiger partial charge in [-0.3, -0.25) is 0 Å². The Morgan fingerprint density at radius 3 is 2.43 bits per heavy atom. The number of aliphatic imine (C=N–C) groups is 1. The predicted octanol–water partition coefficient (Wildman–Crippen LogP) is 4.19. The standard InChI is InChI=1S/C17H20N2OS/c1-12-7-6-8-13(2)16(12)19-17(18)21-11-14-9-4-5-10-15(14)20-3/h4-10H,11H2,1-3H3,(H2,18,19). The number of nitrogens with two attached hydrogens (primary N) is 1. The summed E-state index contributed by atoms with van der Waals surface area (Å²) < 4.78 is 5.34. The number of rotatable bonds is 4. The van der Waals surface area contributed by atoms with Gasteiger partial charge in [-0.15, -0.1) is 0 Å². The summed E-state index contributed by atoms with van der Waals surface area (Å²) in [7, 11) is 1.68. The number of benzene rings is 2. The van der Waals surface area contributed by atoms with Crippen LogP contribution in [-0.2, 0) is 5.75 Å². The second-order valence-electron chi connectivity index (χ2n) is 4.79. The molecular formula is C17H20N2OS. The number of ether oxygens (including phenoxy) is 1.